The summed E-state index contributed by atoms with van der Waals surface area (Å²) < 4.78 is 16.0. The summed E-state index contributed by atoms with van der Waals surface area (Å²) in [5, 5.41) is 7.22. The highest BCUT2D eigenvalue weighted by molar-refractivity contribution is 5.56. The van der Waals surface area contributed by atoms with Crippen molar-refractivity contribution in [2.24, 2.45) is 0 Å². The molecular formula is C13H15N3O3. The van der Waals surface area contributed by atoms with Crippen LogP contribution in [0.4, 0.5) is 0 Å². The number of benzene rings is 1. The first-order valence-electron chi connectivity index (χ1n) is 6.17. The van der Waals surface area contributed by atoms with Crippen LogP contribution in [0.15, 0.2) is 28.8 Å². The lowest BCUT2D eigenvalue weighted by Crippen LogP contribution is -2.33. The molecule has 0 spiro atoms. The third-order valence-corrected chi connectivity index (χ3v) is 2.97. The van der Waals surface area contributed by atoms with Gasteiger partial charge in [0.1, 0.15) is 11.9 Å². The van der Waals surface area contributed by atoms with Gasteiger partial charge in [-0.1, -0.05) is 17.3 Å². The van der Waals surface area contributed by atoms with Crippen LogP contribution in [-0.4, -0.2) is 36.9 Å². The highest BCUT2D eigenvalue weighted by atomic mass is 16.5. The van der Waals surface area contributed by atoms with Crippen molar-refractivity contribution < 1.29 is 14.0 Å². The first-order chi connectivity index (χ1) is 9.36. The fraction of sp³-hybridized carbons (Fsp3) is 0.385. The maximum atomic E-state index is 5.57. The normalized spacial score (nSPS) is 19.3. The molecule has 1 atom stereocenters. The van der Waals surface area contributed by atoms with Crippen LogP contribution in [0.3, 0.4) is 0 Å². The van der Waals surface area contributed by atoms with E-state index in [0.717, 1.165) is 17.9 Å². The SMILES string of the molecule is COc1cccc(-c2noc([C@@H]3CNCCO3)n2)c1. The van der Waals surface area contributed by atoms with Gasteiger partial charge < -0.3 is 19.3 Å². The van der Waals surface area contributed by atoms with Crippen LogP contribution in [0, 0.1) is 0 Å². The Hall–Kier alpha value is -1.92. The van der Waals surface area contributed by atoms with Crippen molar-refractivity contribution >= 4 is 0 Å². The third-order valence-electron chi connectivity index (χ3n) is 2.97. The van der Waals surface area contributed by atoms with Crippen molar-refractivity contribution in [2.45, 2.75) is 6.10 Å². The Morgan fingerprint density at radius 1 is 1.42 bits per heavy atom. The Labute approximate surface area is 110 Å². The van der Waals surface area contributed by atoms with E-state index in [4.69, 9.17) is 14.0 Å². The Morgan fingerprint density at radius 3 is 3.16 bits per heavy atom. The van der Waals surface area contributed by atoms with Crippen molar-refractivity contribution in [2.75, 3.05) is 26.8 Å². The predicted molar refractivity (Wildman–Crippen MR) is 67.8 cm³/mol. The van der Waals surface area contributed by atoms with Crippen LogP contribution in [-0.2, 0) is 4.74 Å². The van der Waals surface area contributed by atoms with Gasteiger partial charge in [-0.3, -0.25) is 0 Å². The fourth-order valence-corrected chi connectivity index (χ4v) is 1.97. The van der Waals surface area contributed by atoms with E-state index in [2.05, 4.69) is 15.5 Å². The second-order valence-corrected chi connectivity index (χ2v) is 4.25. The molecule has 19 heavy (non-hydrogen) atoms. The fourth-order valence-electron chi connectivity index (χ4n) is 1.97. The number of nitrogens with zero attached hydrogens (tertiary/aromatic N) is 2. The van der Waals surface area contributed by atoms with Gasteiger partial charge in [0.25, 0.3) is 5.89 Å². The van der Waals surface area contributed by atoms with Gasteiger partial charge in [0.2, 0.25) is 5.82 Å². The van der Waals surface area contributed by atoms with Crippen LogP contribution >= 0.6 is 0 Å². The standard InChI is InChI=1S/C13H15N3O3/c1-17-10-4-2-3-9(7-10)12-15-13(19-16-12)11-8-14-5-6-18-11/h2-4,7,11,14H,5-6,8H2,1H3/t11-/m0/s1. The molecule has 1 aliphatic rings. The predicted octanol–water partition coefficient (Wildman–Crippen LogP) is 1.41. The summed E-state index contributed by atoms with van der Waals surface area (Å²) in [6.45, 7) is 2.20. The summed E-state index contributed by atoms with van der Waals surface area (Å²) in [4.78, 5) is 4.38. The Kier molecular flexibility index (Phi) is 3.43. The quantitative estimate of drug-likeness (QED) is 0.900. The molecule has 1 saturated heterocycles. The number of rotatable bonds is 3. The lowest BCUT2D eigenvalue weighted by atomic mass is 10.2. The zero-order valence-corrected chi connectivity index (χ0v) is 10.6. The second kappa shape index (κ2) is 5.38. The molecule has 1 aromatic carbocycles. The van der Waals surface area contributed by atoms with Crippen molar-refractivity contribution in [3.05, 3.63) is 30.2 Å². The summed E-state index contributed by atoms with van der Waals surface area (Å²) in [6, 6.07) is 7.55. The molecule has 6 heteroatoms. The first kappa shape index (κ1) is 12.1. The van der Waals surface area contributed by atoms with Crippen LogP contribution in [0.1, 0.15) is 12.0 Å². The molecule has 3 rings (SSSR count). The van der Waals surface area contributed by atoms with Gasteiger partial charge in [-0.25, -0.2) is 0 Å². The Bertz CT molecular complexity index is 550. The van der Waals surface area contributed by atoms with E-state index in [-0.39, 0.29) is 6.10 Å². The maximum absolute atomic E-state index is 5.57. The molecule has 0 aliphatic carbocycles. The molecule has 6 nitrogen and oxygen atoms in total. The number of morpholine rings is 1. The monoisotopic (exact) mass is 261 g/mol. The zero-order valence-electron chi connectivity index (χ0n) is 10.6. The molecule has 1 N–H and O–H groups in total. The van der Waals surface area contributed by atoms with Gasteiger partial charge in [0.05, 0.1) is 13.7 Å². The van der Waals surface area contributed by atoms with Crippen molar-refractivity contribution in [1.29, 1.82) is 0 Å². The minimum absolute atomic E-state index is 0.166. The molecule has 1 fully saturated rings. The topological polar surface area (TPSA) is 69.4 Å². The summed E-state index contributed by atoms with van der Waals surface area (Å²) in [5.41, 5.74) is 0.859. The van der Waals surface area contributed by atoms with E-state index in [9.17, 15) is 0 Å². The Balaban J connectivity index is 1.83. The summed E-state index contributed by atoms with van der Waals surface area (Å²) >= 11 is 0. The summed E-state index contributed by atoms with van der Waals surface area (Å²) in [7, 11) is 1.63. The van der Waals surface area contributed by atoms with Crippen LogP contribution < -0.4 is 10.1 Å². The maximum Gasteiger partial charge on any atom is 0.257 e. The summed E-state index contributed by atoms with van der Waals surface area (Å²) in [5.74, 6) is 1.81. The van der Waals surface area contributed by atoms with Crippen molar-refractivity contribution in [1.82, 2.24) is 15.5 Å². The van der Waals surface area contributed by atoms with E-state index in [1.54, 1.807) is 7.11 Å². The van der Waals surface area contributed by atoms with Crippen molar-refractivity contribution in [3.8, 4) is 17.1 Å². The van der Waals surface area contributed by atoms with Crippen LogP contribution in [0.2, 0.25) is 0 Å². The number of hydrogen-bond acceptors (Lipinski definition) is 6. The number of methoxy groups -OCH3 is 1. The number of nitrogens with one attached hydrogen (secondary N) is 1. The van der Waals surface area contributed by atoms with Gasteiger partial charge in [0.15, 0.2) is 0 Å². The lowest BCUT2D eigenvalue weighted by Gasteiger charge is -2.19. The van der Waals surface area contributed by atoms with Gasteiger partial charge >= 0.3 is 0 Å². The molecule has 2 aromatic rings. The smallest absolute Gasteiger partial charge is 0.257 e. The first-order valence-corrected chi connectivity index (χ1v) is 6.17. The van der Waals surface area contributed by atoms with Crippen LogP contribution in [0.5, 0.6) is 5.75 Å². The molecule has 0 saturated carbocycles. The molecule has 0 radical (unpaired) electrons. The molecule has 1 aromatic heterocycles. The number of aromatic nitrogens is 2. The second-order valence-electron chi connectivity index (χ2n) is 4.25. The average Bonchev–Trinajstić information content (AvgIpc) is 2.98. The average molecular weight is 261 g/mol. The Morgan fingerprint density at radius 2 is 2.37 bits per heavy atom. The van der Waals surface area contributed by atoms with Crippen molar-refractivity contribution in [3.63, 3.8) is 0 Å². The van der Waals surface area contributed by atoms with Gasteiger partial charge in [-0.15, -0.1) is 0 Å². The van der Waals surface area contributed by atoms with Gasteiger partial charge in [-0.2, -0.15) is 4.98 Å². The van der Waals surface area contributed by atoms with E-state index >= 15 is 0 Å². The van der Waals surface area contributed by atoms with E-state index in [0.29, 0.717) is 24.9 Å². The lowest BCUT2D eigenvalue weighted by molar-refractivity contribution is 0.00755. The molecule has 0 bridgehead atoms. The molecule has 100 valence electrons. The summed E-state index contributed by atoms with van der Waals surface area (Å²) in [6.07, 6.45) is -0.166. The van der Waals surface area contributed by atoms with Crippen LogP contribution in [0.25, 0.3) is 11.4 Å². The van der Waals surface area contributed by atoms with Gasteiger partial charge in [-0.05, 0) is 12.1 Å². The number of hydrogen-bond donors (Lipinski definition) is 1. The highest BCUT2D eigenvalue weighted by Crippen LogP contribution is 2.24. The molecule has 1 aliphatic heterocycles. The molecule has 0 unspecified atom stereocenters. The van der Waals surface area contributed by atoms with E-state index in [1.807, 2.05) is 24.3 Å². The number of ether oxygens (including phenoxy) is 2. The van der Waals surface area contributed by atoms with E-state index < -0.39 is 0 Å². The zero-order chi connectivity index (χ0) is 13.1. The minimum Gasteiger partial charge on any atom is -0.497 e. The molecule has 0 amide bonds. The minimum atomic E-state index is -0.166. The largest absolute Gasteiger partial charge is 0.497 e. The van der Waals surface area contributed by atoms with E-state index in [1.165, 1.54) is 0 Å². The molecular weight excluding hydrogens is 246 g/mol. The third kappa shape index (κ3) is 2.59. The molecule has 2 heterocycles. The van der Waals surface area contributed by atoms with Gasteiger partial charge in [0, 0.05) is 18.7 Å². The highest BCUT2D eigenvalue weighted by Gasteiger charge is 2.22.